The van der Waals surface area contributed by atoms with Gasteiger partial charge in [0.15, 0.2) is 4.90 Å². The lowest BCUT2D eigenvalue weighted by Gasteiger charge is -2.06. The first-order valence-electron chi connectivity index (χ1n) is 3.80. The zero-order valence-electron chi connectivity index (χ0n) is 7.80. The summed E-state index contributed by atoms with van der Waals surface area (Å²) in [6.07, 6.45) is -3.23. The van der Waals surface area contributed by atoms with Crippen LogP contribution in [0.5, 0.6) is 0 Å². The Morgan fingerprint density at radius 2 is 2.06 bits per heavy atom. The molecule has 0 atom stereocenters. The Labute approximate surface area is 102 Å². The van der Waals surface area contributed by atoms with E-state index in [0.717, 1.165) is 0 Å². The highest BCUT2D eigenvalue weighted by molar-refractivity contribution is 9.10. The van der Waals surface area contributed by atoms with Gasteiger partial charge in [0, 0.05) is 22.0 Å². The van der Waals surface area contributed by atoms with E-state index in [4.69, 9.17) is 0 Å². The Balaban J connectivity index is 3.79. The average Bonchev–Trinajstić information content (AvgIpc) is 2.14. The van der Waals surface area contributed by atoms with E-state index in [0.29, 0.717) is 6.07 Å². The van der Waals surface area contributed by atoms with E-state index < -0.39 is 37.6 Å². The minimum atomic E-state index is -4.68. The molecule has 0 saturated carbocycles. The van der Waals surface area contributed by atoms with E-state index in [2.05, 4.69) is 26.1 Å². The van der Waals surface area contributed by atoms with Crippen LogP contribution in [0, 0.1) is 10.1 Å². The molecule has 2 N–H and O–H groups in total. The fraction of sp³-hybridized carbons (Fsp3) is 0.167. The average molecular weight is 332 g/mol. The smallest absolute Gasteiger partial charge is 0.358 e. The van der Waals surface area contributed by atoms with Crippen LogP contribution in [-0.2, 0) is 10.0 Å². The van der Waals surface area contributed by atoms with Crippen molar-refractivity contribution >= 4 is 31.8 Å². The number of alkyl halides is 2. The summed E-state index contributed by atoms with van der Waals surface area (Å²) in [7, 11) is -4.68. The molecule has 1 heterocycles. The molecular formula is C6H4BrF2N3O4S. The van der Waals surface area contributed by atoms with Crippen LogP contribution >= 0.6 is 15.9 Å². The van der Waals surface area contributed by atoms with Gasteiger partial charge in [-0.15, -0.1) is 0 Å². The second kappa shape index (κ2) is 4.58. The minimum Gasteiger partial charge on any atom is -0.358 e. The predicted molar refractivity (Wildman–Crippen MR) is 54.9 cm³/mol. The van der Waals surface area contributed by atoms with Crippen molar-refractivity contribution in [2.45, 2.75) is 11.3 Å². The molecule has 0 fully saturated rings. The van der Waals surface area contributed by atoms with E-state index >= 15 is 0 Å². The van der Waals surface area contributed by atoms with Gasteiger partial charge >= 0.3 is 5.82 Å². The van der Waals surface area contributed by atoms with E-state index in [1.54, 1.807) is 0 Å². The van der Waals surface area contributed by atoms with Crippen molar-refractivity contribution in [2.24, 2.45) is 5.14 Å². The number of nitrogens with zero attached hydrogens (tertiary/aromatic N) is 2. The Kier molecular flexibility index (Phi) is 3.74. The van der Waals surface area contributed by atoms with Crippen molar-refractivity contribution in [1.29, 1.82) is 0 Å². The highest BCUT2D eigenvalue weighted by Crippen LogP contribution is 2.33. The molecule has 7 nitrogen and oxygen atoms in total. The van der Waals surface area contributed by atoms with Crippen LogP contribution in [-0.4, -0.2) is 18.3 Å². The quantitative estimate of drug-likeness (QED) is 0.509. The molecule has 0 unspecified atom stereocenters. The lowest BCUT2D eigenvalue weighted by molar-refractivity contribution is -0.392. The summed E-state index contributed by atoms with van der Waals surface area (Å²) in [5.41, 5.74) is -1.07. The zero-order chi connectivity index (χ0) is 13.4. The maximum atomic E-state index is 12.6. The SMILES string of the molecule is NS(=O)(=O)c1c(C(F)F)cc(Br)nc1[N+](=O)[O-]. The number of primary sulfonamides is 1. The molecule has 94 valence electrons. The van der Waals surface area contributed by atoms with E-state index in [-0.39, 0.29) is 4.60 Å². The third kappa shape index (κ3) is 2.92. The molecule has 0 aliphatic rings. The van der Waals surface area contributed by atoms with Crippen molar-refractivity contribution < 1.29 is 22.1 Å². The van der Waals surface area contributed by atoms with Crippen molar-refractivity contribution in [3.63, 3.8) is 0 Å². The van der Waals surface area contributed by atoms with Gasteiger partial charge in [0.1, 0.15) is 0 Å². The third-order valence-corrected chi connectivity index (χ3v) is 3.04. The standard InChI is InChI=1S/C6H4BrF2N3O4S/c7-3-1-2(5(8)9)4(17(10,15)16)6(11-3)12(13)14/h1,5H,(H2,10,15,16). The van der Waals surface area contributed by atoms with Crippen LogP contribution in [0.25, 0.3) is 0 Å². The molecule has 0 spiro atoms. The molecule has 0 amide bonds. The summed E-state index contributed by atoms with van der Waals surface area (Å²) >= 11 is 2.67. The summed E-state index contributed by atoms with van der Waals surface area (Å²) < 4.78 is 47.1. The van der Waals surface area contributed by atoms with Gasteiger partial charge in [0.05, 0.1) is 5.56 Å². The van der Waals surface area contributed by atoms with Gasteiger partial charge in [-0.2, -0.15) is 0 Å². The predicted octanol–water partition coefficient (Wildman–Crippen LogP) is 1.34. The molecule has 0 aromatic carbocycles. The largest absolute Gasteiger partial charge is 0.385 e. The Bertz CT molecular complexity index is 577. The van der Waals surface area contributed by atoms with Crippen molar-refractivity contribution in [3.8, 4) is 0 Å². The molecule has 0 bridgehead atoms. The molecule has 11 heteroatoms. The molecule has 1 aromatic heterocycles. The lowest BCUT2D eigenvalue weighted by Crippen LogP contribution is -2.18. The van der Waals surface area contributed by atoms with Gasteiger partial charge in [-0.05, 0) is 9.91 Å². The second-order valence-electron chi connectivity index (χ2n) is 2.79. The van der Waals surface area contributed by atoms with Crippen molar-refractivity contribution in [3.05, 3.63) is 26.3 Å². The van der Waals surface area contributed by atoms with Crippen LogP contribution in [0.15, 0.2) is 15.6 Å². The molecule has 0 aliphatic heterocycles. The lowest BCUT2D eigenvalue weighted by atomic mass is 10.2. The Morgan fingerprint density at radius 1 is 1.53 bits per heavy atom. The van der Waals surface area contributed by atoms with Gasteiger partial charge in [0.2, 0.25) is 14.6 Å². The molecular weight excluding hydrogens is 328 g/mol. The molecule has 0 aliphatic carbocycles. The van der Waals surface area contributed by atoms with Crippen LogP contribution < -0.4 is 5.14 Å². The van der Waals surface area contributed by atoms with Gasteiger partial charge in [0.25, 0.3) is 6.43 Å². The summed E-state index contributed by atoms with van der Waals surface area (Å²) in [6, 6.07) is 0.664. The fourth-order valence-electron chi connectivity index (χ4n) is 1.08. The van der Waals surface area contributed by atoms with Crippen LogP contribution in [0.4, 0.5) is 14.6 Å². The second-order valence-corrected chi connectivity index (χ2v) is 5.10. The monoisotopic (exact) mass is 331 g/mol. The highest BCUT2D eigenvalue weighted by atomic mass is 79.9. The highest BCUT2D eigenvalue weighted by Gasteiger charge is 2.33. The molecule has 0 radical (unpaired) electrons. The van der Waals surface area contributed by atoms with E-state index in [1.807, 2.05) is 0 Å². The first kappa shape index (κ1) is 13.9. The molecule has 17 heavy (non-hydrogen) atoms. The van der Waals surface area contributed by atoms with Gasteiger partial charge in [-0.3, -0.25) is 0 Å². The van der Waals surface area contributed by atoms with Gasteiger partial charge in [-0.25, -0.2) is 22.3 Å². The number of nitro groups is 1. The zero-order valence-corrected chi connectivity index (χ0v) is 10.2. The molecule has 0 saturated heterocycles. The number of rotatable bonds is 3. The summed E-state index contributed by atoms with van der Waals surface area (Å²) in [4.78, 5) is 11.3. The number of nitrogens with two attached hydrogens (primary N) is 1. The summed E-state index contributed by atoms with van der Waals surface area (Å²) in [6.45, 7) is 0. The molecule has 1 rings (SSSR count). The first-order valence-corrected chi connectivity index (χ1v) is 6.14. The van der Waals surface area contributed by atoms with Crippen molar-refractivity contribution in [1.82, 2.24) is 4.98 Å². The normalized spacial score (nSPS) is 11.8. The van der Waals surface area contributed by atoms with E-state index in [9.17, 15) is 27.3 Å². The van der Waals surface area contributed by atoms with Crippen LogP contribution in [0.2, 0.25) is 0 Å². The number of hydrogen-bond donors (Lipinski definition) is 1. The number of hydrogen-bond acceptors (Lipinski definition) is 5. The third-order valence-electron chi connectivity index (χ3n) is 1.65. The first-order chi connectivity index (χ1) is 7.64. The van der Waals surface area contributed by atoms with Gasteiger partial charge in [-0.1, -0.05) is 0 Å². The Morgan fingerprint density at radius 3 is 2.41 bits per heavy atom. The summed E-state index contributed by atoms with van der Waals surface area (Å²) in [5, 5.41) is 15.2. The van der Waals surface area contributed by atoms with Gasteiger partial charge < -0.3 is 10.1 Å². The number of sulfonamides is 1. The Hall–Kier alpha value is -1.20. The number of halogens is 3. The number of aromatic nitrogens is 1. The fourth-order valence-corrected chi connectivity index (χ4v) is 2.35. The van der Waals surface area contributed by atoms with E-state index in [1.165, 1.54) is 0 Å². The van der Waals surface area contributed by atoms with Crippen LogP contribution in [0.3, 0.4) is 0 Å². The minimum absolute atomic E-state index is 0.285. The van der Waals surface area contributed by atoms with Crippen molar-refractivity contribution in [2.75, 3.05) is 0 Å². The molecule has 1 aromatic rings. The summed E-state index contributed by atoms with van der Waals surface area (Å²) in [5.74, 6) is -1.24. The van der Waals surface area contributed by atoms with Crippen LogP contribution in [0.1, 0.15) is 12.0 Å². The topological polar surface area (TPSA) is 116 Å². The maximum Gasteiger partial charge on any atom is 0.385 e. The number of pyridine rings is 1. The maximum absolute atomic E-state index is 12.6.